The standard InChI is InChI=1S/C16H23N5O3/c1-4-20(5-2)11-12-21-18-14(15(19-21)24-16(22)23-3)17-13-9-7-6-8-10-13/h6-10H,4-5,11-12H2,1-3H3,(H,17,18). The van der Waals surface area contributed by atoms with E-state index in [-0.39, 0.29) is 5.88 Å². The summed E-state index contributed by atoms with van der Waals surface area (Å²) in [6.07, 6.45) is -0.832. The van der Waals surface area contributed by atoms with Gasteiger partial charge < -0.3 is 19.7 Å². The van der Waals surface area contributed by atoms with Crippen LogP contribution in [0.4, 0.5) is 16.3 Å². The Hall–Kier alpha value is -2.61. The number of hydrogen-bond acceptors (Lipinski definition) is 7. The van der Waals surface area contributed by atoms with Crippen molar-refractivity contribution in [3.63, 3.8) is 0 Å². The fraction of sp³-hybridized carbons (Fsp3) is 0.438. The summed E-state index contributed by atoms with van der Waals surface area (Å²) in [7, 11) is 1.25. The Kier molecular flexibility index (Phi) is 6.56. The van der Waals surface area contributed by atoms with Crippen LogP contribution < -0.4 is 10.1 Å². The van der Waals surface area contributed by atoms with Gasteiger partial charge in [0.05, 0.1) is 13.7 Å². The van der Waals surface area contributed by atoms with Gasteiger partial charge in [-0.2, -0.15) is 4.80 Å². The van der Waals surface area contributed by atoms with Crippen molar-refractivity contribution >= 4 is 17.7 Å². The third-order valence-electron chi connectivity index (χ3n) is 3.52. The summed E-state index contributed by atoms with van der Waals surface area (Å²) in [6, 6.07) is 9.48. The van der Waals surface area contributed by atoms with Gasteiger partial charge in [0.15, 0.2) is 0 Å². The van der Waals surface area contributed by atoms with Crippen LogP contribution in [0.25, 0.3) is 0 Å². The minimum Gasteiger partial charge on any atom is -0.437 e. The molecular formula is C16H23N5O3. The van der Waals surface area contributed by atoms with Crippen molar-refractivity contribution in [1.29, 1.82) is 0 Å². The monoisotopic (exact) mass is 333 g/mol. The first-order valence-corrected chi connectivity index (χ1v) is 7.91. The zero-order valence-corrected chi connectivity index (χ0v) is 14.2. The number of anilines is 2. The van der Waals surface area contributed by atoms with Crippen LogP contribution in [-0.4, -0.2) is 52.8 Å². The number of nitrogens with zero attached hydrogens (tertiary/aromatic N) is 4. The molecule has 1 N–H and O–H groups in total. The van der Waals surface area contributed by atoms with E-state index in [4.69, 9.17) is 4.74 Å². The summed E-state index contributed by atoms with van der Waals surface area (Å²) in [5.41, 5.74) is 0.822. The van der Waals surface area contributed by atoms with E-state index < -0.39 is 6.16 Å². The van der Waals surface area contributed by atoms with Crippen molar-refractivity contribution in [3.05, 3.63) is 30.3 Å². The molecule has 1 aromatic carbocycles. The van der Waals surface area contributed by atoms with E-state index in [2.05, 4.69) is 39.0 Å². The maximum Gasteiger partial charge on any atom is 0.515 e. The number of methoxy groups -OCH3 is 1. The average molecular weight is 333 g/mol. The molecule has 0 fully saturated rings. The fourth-order valence-corrected chi connectivity index (χ4v) is 2.13. The van der Waals surface area contributed by atoms with Crippen LogP contribution in [0.1, 0.15) is 13.8 Å². The molecule has 0 aliphatic rings. The van der Waals surface area contributed by atoms with Crippen molar-refractivity contribution in [2.24, 2.45) is 0 Å². The summed E-state index contributed by atoms with van der Waals surface area (Å²) >= 11 is 0. The van der Waals surface area contributed by atoms with Gasteiger partial charge in [-0.05, 0) is 25.2 Å². The number of benzene rings is 1. The Bertz CT molecular complexity index is 640. The lowest BCUT2D eigenvalue weighted by Crippen LogP contribution is -2.27. The van der Waals surface area contributed by atoms with E-state index >= 15 is 0 Å². The maximum absolute atomic E-state index is 11.4. The van der Waals surface area contributed by atoms with Crippen LogP contribution in [-0.2, 0) is 11.3 Å². The van der Waals surface area contributed by atoms with Crippen LogP contribution in [0.3, 0.4) is 0 Å². The number of carbonyl (C=O) groups is 1. The highest BCUT2D eigenvalue weighted by molar-refractivity contribution is 5.67. The Balaban J connectivity index is 2.14. The first kappa shape index (κ1) is 17.7. The summed E-state index contributed by atoms with van der Waals surface area (Å²) < 4.78 is 9.60. The Morgan fingerprint density at radius 1 is 1.21 bits per heavy atom. The van der Waals surface area contributed by atoms with E-state index in [0.717, 1.165) is 25.3 Å². The van der Waals surface area contributed by atoms with Crippen LogP contribution in [0.2, 0.25) is 0 Å². The molecule has 1 heterocycles. The van der Waals surface area contributed by atoms with Gasteiger partial charge in [0.25, 0.3) is 5.88 Å². The number of para-hydroxylation sites is 1. The molecule has 1 aromatic heterocycles. The normalized spacial score (nSPS) is 10.7. The van der Waals surface area contributed by atoms with Gasteiger partial charge in [0.2, 0.25) is 5.82 Å². The summed E-state index contributed by atoms with van der Waals surface area (Å²) in [6.45, 7) is 7.53. The lowest BCUT2D eigenvalue weighted by molar-refractivity contribution is 0.119. The molecule has 0 saturated heterocycles. The molecule has 0 amide bonds. The highest BCUT2D eigenvalue weighted by Gasteiger charge is 2.17. The zero-order chi connectivity index (χ0) is 17.4. The largest absolute Gasteiger partial charge is 0.515 e. The van der Waals surface area contributed by atoms with E-state index in [0.29, 0.717) is 12.4 Å². The van der Waals surface area contributed by atoms with Crippen LogP contribution in [0.5, 0.6) is 5.88 Å². The molecule has 0 aliphatic heterocycles. The zero-order valence-electron chi connectivity index (χ0n) is 14.2. The minimum atomic E-state index is -0.832. The quantitative estimate of drug-likeness (QED) is 0.743. The summed E-state index contributed by atoms with van der Waals surface area (Å²) in [5.74, 6) is 0.455. The Labute approximate surface area is 141 Å². The maximum atomic E-state index is 11.4. The van der Waals surface area contributed by atoms with Crippen LogP contribution >= 0.6 is 0 Å². The second-order valence-electron chi connectivity index (χ2n) is 5.02. The third-order valence-corrected chi connectivity index (χ3v) is 3.52. The minimum absolute atomic E-state index is 0.0882. The molecule has 8 heteroatoms. The number of ether oxygens (including phenoxy) is 2. The second-order valence-corrected chi connectivity index (χ2v) is 5.02. The molecule has 0 spiro atoms. The lowest BCUT2D eigenvalue weighted by Gasteiger charge is -2.16. The van der Waals surface area contributed by atoms with Crippen molar-refractivity contribution in [1.82, 2.24) is 19.9 Å². The Morgan fingerprint density at radius 2 is 1.92 bits per heavy atom. The molecule has 2 aromatic rings. The molecule has 2 rings (SSSR count). The Morgan fingerprint density at radius 3 is 2.54 bits per heavy atom. The lowest BCUT2D eigenvalue weighted by atomic mass is 10.3. The highest BCUT2D eigenvalue weighted by Crippen LogP contribution is 2.23. The average Bonchev–Trinajstić information content (AvgIpc) is 2.98. The number of rotatable bonds is 8. The molecule has 0 unspecified atom stereocenters. The van der Waals surface area contributed by atoms with Crippen molar-refractivity contribution in [2.75, 3.05) is 32.1 Å². The van der Waals surface area contributed by atoms with Crippen molar-refractivity contribution < 1.29 is 14.3 Å². The van der Waals surface area contributed by atoms with E-state index in [1.165, 1.54) is 11.9 Å². The number of hydrogen-bond donors (Lipinski definition) is 1. The van der Waals surface area contributed by atoms with Gasteiger partial charge in [0, 0.05) is 12.2 Å². The van der Waals surface area contributed by atoms with Gasteiger partial charge in [-0.1, -0.05) is 32.0 Å². The number of carbonyl (C=O) groups excluding carboxylic acids is 1. The first-order valence-electron chi connectivity index (χ1n) is 7.91. The molecule has 130 valence electrons. The van der Waals surface area contributed by atoms with Gasteiger partial charge in [0.1, 0.15) is 0 Å². The molecule has 8 nitrogen and oxygen atoms in total. The topological polar surface area (TPSA) is 81.5 Å². The first-order chi connectivity index (χ1) is 11.7. The van der Waals surface area contributed by atoms with Crippen LogP contribution in [0.15, 0.2) is 30.3 Å². The van der Waals surface area contributed by atoms with Crippen molar-refractivity contribution in [3.8, 4) is 5.88 Å². The summed E-state index contributed by atoms with van der Waals surface area (Å²) in [4.78, 5) is 15.2. The smallest absolute Gasteiger partial charge is 0.437 e. The predicted molar refractivity (Wildman–Crippen MR) is 90.6 cm³/mol. The fourth-order valence-electron chi connectivity index (χ4n) is 2.13. The summed E-state index contributed by atoms with van der Waals surface area (Å²) in [5, 5.41) is 11.7. The molecule has 0 saturated carbocycles. The molecule has 0 aliphatic carbocycles. The SMILES string of the molecule is CCN(CC)CCn1nc(Nc2ccccc2)c(OC(=O)OC)n1. The predicted octanol–water partition coefficient (Wildman–Crippen LogP) is 2.51. The van der Waals surface area contributed by atoms with E-state index in [1.54, 1.807) is 0 Å². The van der Waals surface area contributed by atoms with Crippen molar-refractivity contribution in [2.45, 2.75) is 20.4 Å². The third kappa shape index (κ3) is 4.95. The van der Waals surface area contributed by atoms with Gasteiger partial charge in [-0.15, -0.1) is 10.2 Å². The van der Waals surface area contributed by atoms with Gasteiger partial charge in [-0.3, -0.25) is 0 Å². The van der Waals surface area contributed by atoms with E-state index in [9.17, 15) is 4.79 Å². The van der Waals surface area contributed by atoms with Gasteiger partial charge >= 0.3 is 6.16 Å². The number of aromatic nitrogens is 3. The molecule has 0 radical (unpaired) electrons. The molecular weight excluding hydrogens is 310 g/mol. The number of nitrogens with one attached hydrogen (secondary N) is 1. The van der Waals surface area contributed by atoms with Crippen LogP contribution in [0, 0.1) is 0 Å². The number of likely N-dealkylation sites (N-methyl/N-ethyl adjacent to an activating group) is 1. The molecule has 0 bridgehead atoms. The second kappa shape index (κ2) is 8.88. The van der Waals surface area contributed by atoms with Gasteiger partial charge in [-0.25, -0.2) is 4.79 Å². The van der Waals surface area contributed by atoms with E-state index in [1.807, 2.05) is 30.3 Å². The molecule has 0 atom stereocenters. The highest BCUT2D eigenvalue weighted by atomic mass is 16.7. The molecule has 24 heavy (non-hydrogen) atoms.